The Bertz CT molecular complexity index is 1330. The molecule has 0 atom stereocenters. The zero-order valence-electron chi connectivity index (χ0n) is 19.4. The minimum Gasteiger partial charge on any atom is -0.489 e. The van der Waals surface area contributed by atoms with Crippen LogP contribution in [0.5, 0.6) is 5.75 Å². The quantitative estimate of drug-likeness (QED) is 0.248. The smallest absolute Gasteiger partial charge is 0.274 e. The van der Waals surface area contributed by atoms with Crippen molar-refractivity contribution < 1.29 is 14.7 Å². The van der Waals surface area contributed by atoms with Gasteiger partial charge in [0.2, 0.25) is 0 Å². The summed E-state index contributed by atoms with van der Waals surface area (Å²) in [5.74, 6) is 0.333. The van der Waals surface area contributed by atoms with Crippen molar-refractivity contribution in [3.63, 3.8) is 0 Å². The van der Waals surface area contributed by atoms with Gasteiger partial charge < -0.3 is 10.1 Å². The molecule has 1 aliphatic rings. The number of rotatable bonds is 8. The summed E-state index contributed by atoms with van der Waals surface area (Å²) in [6.07, 6.45) is 4.15. The van der Waals surface area contributed by atoms with Crippen LogP contribution < -0.4 is 15.5 Å². The molecule has 0 unspecified atom stereocenters. The Morgan fingerprint density at radius 2 is 1.57 bits per heavy atom. The number of carbonyl (C=O) groups excluding carboxylic acids is 1. The number of benzene rings is 4. The van der Waals surface area contributed by atoms with Crippen LogP contribution in [0.1, 0.15) is 27.0 Å². The maximum atomic E-state index is 11.6. The van der Waals surface area contributed by atoms with Gasteiger partial charge in [-0.3, -0.25) is 10.0 Å². The first-order valence-electron chi connectivity index (χ1n) is 11.8. The lowest BCUT2D eigenvalue weighted by Crippen LogP contribution is -2.32. The molecule has 0 saturated carbocycles. The Balaban J connectivity index is 1.33. The van der Waals surface area contributed by atoms with Crippen molar-refractivity contribution >= 4 is 22.8 Å². The van der Waals surface area contributed by atoms with Gasteiger partial charge in [-0.05, 0) is 58.7 Å². The van der Waals surface area contributed by atoms with Crippen LogP contribution in [0.3, 0.4) is 0 Å². The zero-order valence-corrected chi connectivity index (χ0v) is 19.4. The van der Waals surface area contributed by atoms with E-state index in [0.29, 0.717) is 24.8 Å². The second-order valence-corrected chi connectivity index (χ2v) is 8.89. The summed E-state index contributed by atoms with van der Waals surface area (Å²) in [7, 11) is 0. The fourth-order valence-electron chi connectivity index (χ4n) is 4.65. The van der Waals surface area contributed by atoms with Gasteiger partial charge in [0.1, 0.15) is 12.4 Å². The predicted molar refractivity (Wildman–Crippen MR) is 139 cm³/mol. The third kappa shape index (κ3) is 5.43. The molecule has 5 rings (SSSR count). The topological polar surface area (TPSA) is 70.6 Å². The lowest BCUT2D eigenvalue weighted by atomic mass is 10.1. The third-order valence-electron chi connectivity index (χ3n) is 6.48. The van der Waals surface area contributed by atoms with E-state index in [0.717, 1.165) is 40.5 Å². The number of carbonyl (C=O) groups is 1. The standard InChI is InChI=1S/C30H28N2O3/c33-30(32-34)24-14-12-21(13-15-24)16-22(19-31-27-17-25-7-1-2-8-26(25)18-27)20-35-29-11-5-9-23-6-3-4-10-28(23)29/h1-16,27,31,34H,17-20H2,(H,32,33)/b22-16-. The van der Waals surface area contributed by atoms with Crippen LogP contribution >= 0.6 is 0 Å². The largest absolute Gasteiger partial charge is 0.489 e. The predicted octanol–water partition coefficient (Wildman–Crippen LogP) is 5.18. The van der Waals surface area contributed by atoms with Crippen LogP contribution in [0.2, 0.25) is 0 Å². The number of nitrogens with one attached hydrogen (secondary N) is 2. The summed E-state index contributed by atoms with van der Waals surface area (Å²) in [6.45, 7) is 1.14. The number of hydrogen-bond donors (Lipinski definition) is 3. The van der Waals surface area contributed by atoms with Crippen molar-refractivity contribution in [3.8, 4) is 5.75 Å². The number of amides is 1. The van der Waals surface area contributed by atoms with Crippen molar-refractivity contribution in [2.24, 2.45) is 0 Å². The molecule has 176 valence electrons. The van der Waals surface area contributed by atoms with Gasteiger partial charge in [0.05, 0.1) is 0 Å². The normalized spacial score (nSPS) is 13.6. The van der Waals surface area contributed by atoms with Crippen LogP contribution in [0, 0.1) is 0 Å². The molecule has 5 nitrogen and oxygen atoms in total. The average molecular weight is 465 g/mol. The van der Waals surface area contributed by atoms with E-state index in [-0.39, 0.29) is 0 Å². The van der Waals surface area contributed by atoms with Gasteiger partial charge in [0.15, 0.2) is 0 Å². The van der Waals surface area contributed by atoms with Crippen LogP contribution in [0.15, 0.2) is 96.6 Å². The number of hydrogen-bond acceptors (Lipinski definition) is 4. The molecular formula is C30H28N2O3. The van der Waals surface area contributed by atoms with Gasteiger partial charge in [0, 0.05) is 23.5 Å². The first-order chi connectivity index (χ1) is 17.2. The van der Waals surface area contributed by atoms with Crippen molar-refractivity contribution in [2.45, 2.75) is 18.9 Å². The highest BCUT2D eigenvalue weighted by atomic mass is 16.5. The molecule has 5 heteroatoms. The Labute approximate surface area is 205 Å². The molecule has 35 heavy (non-hydrogen) atoms. The average Bonchev–Trinajstić information content (AvgIpc) is 3.33. The van der Waals surface area contributed by atoms with E-state index in [1.807, 2.05) is 36.4 Å². The maximum Gasteiger partial charge on any atom is 0.274 e. The van der Waals surface area contributed by atoms with Crippen molar-refractivity contribution in [2.75, 3.05) is 13.2 Å². The van der Waals surface area contributed by atoms with E-state index in [4.69, 9.17) is 9.94 Å². The molecule has 0 saturated heterocycles. The van der Waals surface area contributed by atoms with E-state index >= 15 is 0 Å². The molecule has 1 amide bonds. The summed E-state index contributed by atoms with van der Waals surface area (Å²) in [4.78, 5) is 11.6. The van der Waals surface area contributed by atoms with Crippen molar-refractivity contribution in [3.05, 3.63) is 119 Å². The van der Waals surface area contributed by atoms with Crippen molar-refractivity contribution in [1.29, 1.82) is 0 Å². The highest BCUT2D eigenvalue weighted by Crippen LogP contribution is 2.26. The second-order valence-electron chi connectivity index (χ2n) is 8.89. The van der Waals surface area contributed by atoms with Gasteiger partial charge in [-0.2, -0.15) is 0 Å². The Kier molecular flexibility index (Phi) is 6.89. The highest BCUT2D eigenvalue weighted by molar-refractivity contribution is 5.93. The van der Waals surface area contributed by atoms with Gasteiger partial charge in [-0.25, -0.2) is 5.48 Å². The maximum absolute atomic E-state index is 11.6. The Morgan fingerprint density at radius 1 is 0.886 bits per heavy atom. The summed E-state index contributed by atoms with van der Waals surface area (Å²) in [5.41, 5.74) is 6.98. The van der Waals surface area contributed by atoms with E-state index in [2.05, 4.69) is 53.9 Å². The second kappa shape index (κ2) is 10.6. The van der Waals surface area contributed by atoms with Crippen molar-refractivity contribution in [1.82, 2.24) is 10.8 Å². The summed E-state index contributed by atoms with van der Waals surface area (Å²) in [5, 5.41) is 14.8. The molecule has 4 aromatic carbocycles. The zero-order chi connectivity index (χ0) is 24.0. The van der Waals surface area contributed by atoms with E-state index in [9.17, 15) is 4.79 Å². The third-order valence-corrected chi connectivity index (χ3v) is 6.48. The number of hydroxylamine groups is 1. The lowest BCUT2D eigenvalue weighted by Gasteiger charge is -2.16. The molecule has 0 aliphatic heterocycles. The van der Waals surface area contributed by atoms with Crippen LogP contribution in [-0.4, -0.2) is 30.3 Å². The fourth-order valence-corrected chi connectivity index (χ4v) is 4.65. The van der Waals surface area contributed by atoms with Crippen LogP contribution in [0.4, 0.5) is 0 Å². The Hall–Kier alpha value is -3.93. The van der Waals surface area contributed by atoms with E-state index in [1.165, 1.54) is 11.1 Å². The van der Waals surface area contributed by atoms with E-state index < -0.39 is 5.91 Å². The van der Waals surface area contributed by atoms with Gasteiger partial charge in [-0.15, -0.1) is 0 Å². The monoisotopic (exact) mass is 464 g/mol. The van der Waals surface area contributed by atoms with Gasteiger partial charge in [0.25, 0.3) is 5.91 Å². The first kappa shape index (κ1) is 22.8. The first-order valence-corrected chi connectivity index (χ1v) is 11.8. The minimum absolute atomic E-state index is 0.393. The summed E-state index contributed by atoms with van der Waals surface area (Å²) >= 11 is 0. The van der Waals surface area contributed by atoms with Gasteiger partial charge in [-0.1, -0.05) is 78.9 Å². The highest BCUT2D eigenvalue weighted by Gasteiger charge is 2.20. The molecule has 0 radical (unpaired) electrons. The fraction of sp³-hybridized carbons (Fsp3) is 0.167. The molecule has 4 aromatic rings. The molecular weight excluding hydrogens is 436 g/mol. The molecule has 0 fully saturated rings. The van der Waals surface area contributed by atoms with Crippen LogP contribution in [-0.2, 0) is 12.8 Å². The van der Waals surface area contributed by atoms with Gasteiger partial charge >= 0.3 is 0 Å². The molecule has 0 aromatic heterocycles. The molecule has 0 bridgehead atoms. The minimum atomic E-state index is -0.525. The number of ether oxygens (including phenoxy) is 1. The summed E-state index contributed by atoms with van der Waals surface area (Å²) < 4.78 is 6.30. The van der Waals surface area contributed by atoms with Crippen LogP contribution in [0.25, 0.3) is 16.8 Å². The summed E-state index contributed by atoms with van der Waals surface area (Å²) in [6, 6.07) is 30.5. The molecule has 0 spiro atoms. The molecule has 0 heterocycles. The number of fused-ring (bicyclic) bond motifs is 2. The lowest BCUT2D eigenvalue weighted by molar-refractivity contribution is 0.0706. The molecule has 1 aliphatic carbocycles. The molecule has 3 N–H and O–H groups in total. The SMILES string of the molecule is O=C(NO)c1ccc(/C=C(/CNC2Cc3ccccc3C2)COc2cccc3ccccc23)cc1. The Morgan fingerprint density at radius 3 is 2.31 bits per heavy atom. The van der Waals surface area contributed by atoms with E-state index in [1.54, 1.807) is 17.6 Å².